The van der Waals surface area contributed by atoms with E-state index < -0.39 is 0 Å². The molecule has 1 atom stereocenters. The maximum atomic E-state index is 13.4. The molecule has 0 unspecified atom stereocenters. The Morgan fingerprint density at radius 3 is 2.68 bits per heavy atom. The first-order valence-electron chi connectivity index (χ1n) is 9.38. The molecular formula is C21H24N4O3. The van der Waals surface area contributed by atoms with Gasteiger partial charge in [-0.05, 0) is 50.5 Å². The third kappa shape index (κ3) is 2.96. The van der Waals surface area contributed by atoms with Crippen molar-refractivity contribution < 1.29 is 14.3 Å². The van der Waals surface area contributed by atoms with E-state index in [1.54, 1.807) is 24.9 Å². The number of ether oxygens (including phenoxy) is 2. The first-order chi connectivity index (χ1) is 13.5. The minimum atomic E-state index is -0.0372. The number of methoxy groups -OCH3 is 2. The van der Waals surface area contributed by atoms with Gasteiger partial charge in [-0.15, -0.1) is 0 Å². The Morgan fingerprint density at radius 1 is 1.14 bits per heavy atom. The molecule has 1 fully saturated rings. The van der Waals surface area contributed by atoms with Gasteiger partial charge in [0.15, 0.2) is 17.1 Å². The van der Waals surface area contributed by atoms with E-state index in [-0.39, 0.29) is 11.9 Å². The summed E-state index contributed by atoms with van der Waals surface area (Å²) in [6.07, 6.45) is 3.49. The number of likely N-dealkylation sites (tertiary alicyclic amines) is 1. The van der Waals surface area contributed by atoms with Crippen molar-refractivity contribution in [1.29, 1.82) is 0 Å². The van der Waals surface area contributed by atoms with Gasteiger partial charge in [-0.2, -0.15) is 5.10 Å². The number of benzene rings is 1. The number of hydrogen-bond acceptors (Lipinski definition) is 5. The second-order valence-corrected chi connectivity index (χ2v) is 7.10. The number of carbonyl (C=O) groups is 1. The average molecular weight is 380 g/mol. The molecular weight excluding hydrogens is 356 g/mol. The fourth-order valence-corrected chi connectivity index (χ4v) is 3.99. The molecule has 0 N–H and O–H groups in total. The molecule has 0 saturated carbocycles. The van der Waals surface area contributed by atoms with Crippen LogP contribution in [0.25, 0.3) is 5.65 Å². The third-order valence-electron chi connectivity index (χ3n) is 5.31. The van der Waals surface area contributed by atoms with E-state index in [2.05, 4.69) is 10.1 Å². The van der Waals surface area contributed by atoms with Crippen LogP contribution in [-0.4, -0.2) is 46.2 Å². The summed E-state index contributed by atoms with van der Waals surface area (Å²) >= 11 is 0. The minimum Gasteiger partial charge on any atom is -0.493 e. The Balaban J connectivity index is 1.70. The number of aryl methyl sites for hydroxylation is 2. The lowest BCUT2D eigenvalue weighted by Gasteiger charge is -2.25. The van der Waals surface area contributed by atoms with Crippen LogP contribution in [0, 0.1) is 13.8 Å². The monoisotopic (exact) mass is 380 g/mol. The molecule has 1 aromatic carbocycles. The molecule has 2 aromatic heterocycles. The normalized spacial score (nSPS) is 16.6. The van der Waals surface area contributed by atoms with Crippen LogP contribution in [0.4, 0.5) is 0 Å². The predicted octanol–water partition coefficient (Wildman–Crippen LogP) is 3.34. The highest BCUT2D eigenvalue weighted by molar-refractivity contribution is 6.00. The summed E-state index contributed by atoms with van der Waals surface area (Å²) in [6, 6.07) is 7.79. The lowest BCUT2D eigenvalue weighted by Crippen LogP contribution is -2.30. The molecule has 4 rings (SSSR count). The lowest BCUT2D eigenvalue weighted by atomic mass is 10.0. The average Bonchev–Trinajstić information content (AvgIpc) is 3.34. The Hall–Kier alpha value is -3.09. The highest BCUT2D eigenvalue weighted by atomic mass is 16.5. The second-order valence-electron chi connectivity index (χ2n) is 7.10. The minimum absolute atomic E-state index is 0.00633. The Bertz CT molecular complexity index is 1040. The number of amides is 1. The lowest BCUT2D eigenvalue weighted by molar-refractivity contribution is 0.0737. The van der Waals surface area contributed by atoms with Crippen molar-refractivity contribution in [3.8, 4) is 11.5 Å². The molecule has 0 aliphatic carbocycles. The van der Waals surface area contributed by atoms with Gasteiger partial charge in [0.25, 0.3) is 5.91 Å². The topological polar surface area (TPSA) is 69.0 Å². The van der Waals surface area contributed by atoms with Gasteiger partial charge >= 0.3 is 0 Å². The van der Waals surface area contributed by atoms with Crippen molar-refractivity contribution in [2.24, 2.45) is 0 Å². The fourth-order valence-electron chi connectivity index (χ4n) is 3.99. The van der Waals surface area contributed by atoms with Gasteiger partial charge in [-0.25, -0.2) is 9.50 Å². The van der Waals surface area contributed by atoms with E-state index >= 15 is 0 Å². The molecule has 146 valence electrons. The van der Waals surface area contributed by atoms with E-state index in [0.717, 1.165) is 29.8 Å². The van der Waals surface area contributed by atoms with Crippen LogP contribution < -0.4 is 9.47 Å². The Kier molecular flexibility index (Phi) is 4.66. The summed E-state index contributed by atoms with van der Waals surface area (Å²) in [5.41, 5.74) is 4.02. The summed E-state index contributed by atoms with van der Waals surface area (Å²) in [6.45, 7) is 4.60. The van der Waals surface area contributed by atoms with Crippen molar-refractivity contribution in [2.75, 3.05) is 20.8 Å². The molecule has 7 nitrogen and oxygen atoms in total. The van der Waals surface area contributed by atoms with Crippen molar-refractivity contribution in [2.45, 2.75) is 32.7 Å². The summed E-state index contributed by atoms with van der Waals surface area (Å²) in [5.74, 6) is 1.31. The van der Waals surface area contributed by atoms with Crippen LogP contribution in [0.2, 0.25) is 0 Å². The molecule has 28 heavy (non-hydrogen) atoms. The van der Waals surface area contributed by atoms with Crippen molar-refractivity contribution in [3.63, 3.8) is 0 Å². The summed E-state index contributed by atoms with van der Waals surface area (Å²) in [4.78, 5) is 19.9. The summed E-state index contributed by atoms with van der Waals surface area (Å²) < 4.78 is 12.5. The first kappa shape index (κ1) is 18.3. The smallest absolute Gasteiger partial charge is 0.259 e. The number of rotatable bonds is 4. The van der Waals surface area contributed by atoms with Crippen LogP contribution in [0.3, 0.4) is 0 Å². The van der Waals surface area contributed by atoms with Crippen LogP contribution in [0.5, 0.6) is 11.5 Å². The largest absolute Gasteiger partial charge is 0.493 e. The molecule has 3 heterocycles. The maximum Gasteiger partial charge on any atom is 0.259 e. The van der Waals surface area contributed by atoms with Crippen LogP contribution in [0.15, 0.2) is 30.5 Å². The zero-order valence-electron chi connectivity index (χ0n) is 16.6. The van der Waals surface area contributed by atoms with Gasteiger partial charge in [0.2, 0.25) is 0 Å². The Labute approximate surface area is 163 Å². The van der Waals surface area contributed by atoms with E-state index in [1.807, 2.05) is 43.0 Å². The van der Waals surface area contributed by atoms with Crippen molar-refractivity contribution in [3.05, 3.63) is 53.0 Å². The van der Waals surface area contributed by atoms with Crippen LogP contribution in [-0.2, 0) is 0 Å². The standard InChI is InChI=1S/C21H24N4O3/c1-13-10-14(2)25-20(23-13)16(12-22-25)21(26)24-9-5-6-17(24)15-7-8-18(27-3)19(11-15)28-4/h7-8,10-12,17H,5-6,9H2,1-4H3/t17-/m1/s1. The van der Waals surface area contributed by atoms with E-state index in [0.29, 0.717) is 29.3 Å². The third-order valence-corrected chi connectivity index (χ3v) is 5.31. The maximum absolute atomic E-state index is 13.4. The molecule has 7 heteroatoms. The molecule has 1 saturated heterocycles. The Morgan fingerprint density at radius 2 is 1.93 bits per heavy atom. The van der Waals surface area contributed by atoms with Gasteiger partial charge in [-0.3, -0.25) is 4.79 Å². The molecule has 1 aliphatic rings. The number of nitrogens with zero attached hydrogens (tertiary/aromatic N) is 4. The highest BCUT2D eigenvalue weighted by Gasteiger charge is 2.33. The van der Waals surface area contributed by atoms with E-state index in [4.69, 9.17) is 9.47 Å². The number of aromatic nitrogens is 3. The van der Waals surface area contributed by atoms with Crippen molar-refractivity contribution >= 4 is 11.6 Å². The summed E-state index contributed by atoms with van der Waals surface area (Å²) in [5, 5.41) is 4.37. The molecule has 3 aromatic rings. The fraction of sp³-hybridized carbons (Fsp3) is 0.381. The van der Waals surface area contributed by atoms with Crippen molar-refractivity contribution in [1.82, 2.24) is 19.5 Å². The van der Waals surface area contributed by atoms with Crippen LogP contribution >= 0.6 is 0 Å². The molecule has 1 aliphatic heterocycles. The number of fused-ring (bicyclic) bond motifs is 1. The van der Waals surface area contributed by atoms with Gasteiger partial charge < -0.3 is 14.4 Å². The van der Waals surface area contributed by atoms with Crippen LogP contribution in [0.1, 0.15) is 46.2 Å². The highest BCUT2D eigenvalue weighted by Crippen LogP contribution is 2.37. The quantitative estimate of drug-likeness (QED) is 0.694. The summed E-state index contributed by atoms with van der Waals surface area (Å²) in [7, 11) is 3.24. The zero-order valence-corrected chi connectivity index (χ0v) is 16.6. The second kappa shape index (κ2) is 7.14. The van der Waals surface area contributed by atoms with Gasteiger partial charge in [0, 0.05) is 17.9 Å². The molecule has 1 amide bonds. The molecule has 0 radical (unpaired) electrons. The van der Waals surface area contributed by atoms with E-state index in [1.165, 1.54) is 0 Å². The molecule has 0 spiro atoms. The number of hydrogen-bond donors (Lipinski definition) is 0. The zero-order chi connectivity index (χ0) is 19.8. The SMILES string of the molecule is COc1ccc([C@H]2CCCN2C(=O)c2cnn3c(C)cc(C)nc23)cc1OC. The predicted molar refractivity (Wildman–Crippen MR) is 105 cm³/mol. The van der Waals surface area contributed by atoms with Gasteiger partial charge in [-0.1, -0.05) is 6.07 Å². The van der Waals surface area contributed by atoms with Gasteiger partial charge in [0.1, 0.15) is 5.56 Å². The van der Waals surface area contributed by atoms with E-state index in [9.17, 15) is 4.79 Å². The number of carbonyl (C=O) groups excluding carboxylic acids is 1. The first-order valence-corrected chi connectivity index (χ1v) is 9.38. The van der Waals surface area contributed by atoms with Gasteiger partial charge in [0.05, 0.1) is 26.5 Å². The molecule has 0 bridgehead atoms.